The lowest BCUT2D eigenvalue weighted by molar-refractivity contribution is -0.288. The molecule has 1 saturated heterocycles. The van der Waals surface area contributed by atoms with Gasteiger partial charge in [0.25, 0.3) is 0 Å². The second kappa shape index (κ2) is 6.20. The molecule has 0 aliphatic carbocycles. The molecular weight excluding hydrogens is 232 g/mol. The van der Waals surface area contributed by atoms with Crippen LogP contribution in [-0.2, 0) is 14.3 Å². The van der Waals surface area contributed by atoms with Crippen LogP contribution in [0.2, 0.25) is 0 Å². The largest absolute Gasteiger partial charge is 0.387 e. The smallest absolute Gasteiger partial charge is 0.184 e. The first-order valence-corrected chi connectivity index (χ1v) is 5.08. The summed E-state index contributed by atoms with van der Waals surface area (Å²) in [6.07, 6.45) is -6.02. The summed E-state index contributed by atoms with van der Waals surface area (Å²) in [5.41, 5.74) is 0. The molecule has 5 atom stereocenters. The molecule has 0 radical (unpaired) electrons. The third kappa shape index (κ3) is 3.56. The van der Waals surface area contributed by atoms with Gasteiger partial charge in [-0.2, -0.15) is 0 Å². The SMILES string of the molecule is C=CC(=O)COC[C@H]1OC(O)[C@H](O)[C@@H](O)[C@@H]1O. The van der Waals surface area contributed by atoms with Crippen LogP contribution in [0.5, 0.6) is 0 Å². The zero-order valence-corrected chi connectivity index (χ0v) is 9.10. The Morgan fingerprint density at radius 2 is 1.88 bits per heavy atom. The van der Waals surface area contributed by atoms with Crippen LogP contribution >= 0.6 is 0 Å². The molecule has 98 valence electrons. The Morgan fingerprint density at radius 3 is 2.47 bits per heavy atom. The van der Waals surface area contributed by atoms with E-state index in [0.717, 1.165) is 6.08 Å². The first-order chi connectivity index (χ1) is 7.97. The molecule has 17 heavy (non-hydrogen) atoms. The van der Waals surface area contributed by atoms with Crippen LogP contribution in [0.3, 0.4) is 0 Å². The van der Waals surface area contributed by atoms with Gasteiger partial charge in [-0.1, -0.05) is 6.58 Å². The molecule has 1 heterocycles. The predicted molar refractivity (Wildman–Crippen MR) is 54.9 cm³/mol. The number of ether oxygens (including phenoxy) is 2. The molecular formula is C10H16O7. The van der Waals surface area contributed by atoms with Gasteiger partial charge < -0.3 is 29.9 Å². The van der Waals surface area contributed by atoms with E-state index in [4.69, 9.17) is 9.47 Å². The van der Waals surface area contributed by atoms with Crippen LogP contribution < -0.4 is 0 Å². The van der Waals surface area contributed by atoms with Gasteiger partial charge in [0.05, 0.1) is 6.61 Å². The maximum atomic E-state index is 10.8. The van der Waals surface area contributed by atoms with Crippen molar-refractivity contribution >= 4 is 5.78 Å². The molecule has 1 fully saturated rings. The van der Waals surface area contributed by atoms with E-state index in [-0.39, 0.29) is 19.0 Å². The summed E-state index contributed by atoms with van der Waals surface area (Å²) in [7, 11) is 0. The molecule has 0 spiro atoms. The fourth-order valence-electron chi connectivity index (χ4n) is 1.40. The van der Waals surface area contributed by atoms with E-state index in [1.807, 2.05) is 0 Å². The third-order valence-electron chi connectivity index (χ3n) is 2.44. The van der Waals surface area contributed by atoms with E-state index in [2.05, 4.69) is 6.58 Å². The van der Waals surface area contributed by atoms with Gasteiger partial charge in [0.15, 0.2) is 12.1 Å². The minimum atomic E-state index is -1.60. The average Bonchev–Trinajstić information content (AvgIpc) is 2.32. The Kier molecular flexibility index (Phi) is 5.19. The summed E-state index contributed by atoms with van der Waals surface area (Å²) >= 11 is 0. The van der Waals surface area contributed by atoms with Crippen molar-refractivity contribution in [1.29, 1.82) is 0 Å². The molecule has 1 unspecified atom stereocenters. The summed E-state index contributed by atoms with van der Waals surface area (Å²) in [6, 6.07) is 0. The van der Waals surface area contributed by atoms with Gasteiger partial charge in [-0.15, -0.1) is 0 Å². The third-order valence-corrected chi connectivity index (χ3v) is 2.44. The van der Waals surface area contributed by atoms with Gasteiger partial charge in [0.1, 0.15) is 31.0 Å². The lowest BCUT2D eigenvalue weighted by Gasteiger charge is -2.38. The summed E-state index contributed by atoms with van der Waals surface area (Å²) < 4.78 is 9.75. The number of carbonyl (C=O) groups is 1. The second-order valence-corrected chi connectivity index (χ2v) is 3.72. The lowest BCUT2D eigenvalue weighted by atomic mass is 9.99. The van der Waals surface area contributed by atoms with Crippen LogP contribution in [-0.4, -0.2) is 70.1 Å². The van der Waals surface area contributed by atoms with Crippen molar-refractivity contribution < 1.29 is 34.7 Å². The Hall–Kier alpha value is -0.830. The number of carbonyl (C=O) groups excluding carboxylic acids is 1. The molecule has 0 aromatic rings. The molecule has 0 aromatic carbocycles. The molecule has 0 saturated carbocycles. The van der Waals surface area contributed by atoms with E-state index in [1.165, 1.54) is 0 Å². The molecule has 1 aliphatic rings. The number of hydrogen-bond donors (Lipinski definition) is 4. The van der Waals surface area contributed by atoms with Crippen molar-refractivity contribution in [2.24, 2.45) is 0 Å². The maximum Gasteiger partial charge on any atom is 0.184 e. The van der Waals surface area contributed by atoms with Crippen LogP contribution in [0.1, 0.15) is 0 Å². The number of aliphatic hydroxyl groups excluding tert-OH is 4. The summed E-state index contributed by atoms with van der Waals surface area (Å²) in [5, 5.41) is 37.3. The zero-order valence-electron chi connectivity index (χ0n) is 9.10. The number of rotatable bonds is 5. The van der Waals surface area contributed by atoms with Crippen LogP contribution in [0.15, 0.2) is 12.7 Å². The Bertz CT molecular complexity index is 280. The highest BCUT2D eigenvalue weighted by molar-refractivity contribution is 5.90. The highest BCUT2D eigenvalue weighted by atomic mass is 16.6. The fraction of sp³-hybridized carbons (Fsp3) is 0.700. The highest BCUT2D eigenvalue weighted by Crippen LogP contribution is 2.19. The Balaban J connectivity index is 2.42. The van der Waals surface area contributed by atoms with E-state index < -0.39 is 30.7 Å². The van der Waals surface area contributed by atoms with E-state index >= 15 is 0 Å². The standard InChI is InChI=1S/C10H16O7/c1-2-5(11)3-16-4-6-7(12)8(13)9(14)10(15)17-6/h2,6-10,12-15H,1,3-4H2/t6-,7-,8+,9-,10?/m1/s1. The molecule has 1 aliphatic heterocycles. The van der Waals surface area contributed by atoms with Gasteiger partial charge in [-0.05, 0) is 6.08 Å². The van der Waals surface area contributed by atoms with Crippen molar-refractivity contribution in [3.05, 3.63) is 12.7 Å². The van der Waals surface area contributed by atoms with Crippen LogP contribution in [0, 0.1) is 0 Å². The predicted octanol–water partition coefficient (Wildman–Crippen LogP) is -2.44. The second-order valence-electron chi connectivity index (χ2n) is 3.72. The molecule has 7 nitrogen and oxygen atoms in total. The highest BCUT2D eigenvalue weighted by Gasteiger charge is 2.42. The van der Waals surface area contributed by atoms with Gasteiger partial charge >= 0.3 is 0 Å². The normalized spacial score (nSPS) is 37.8. The van der Waals surface area contributed by atoms with Gasteiger partial charge in [-0.25, -0.2) is 0 Å². The minimum Gasteiger partial charge on any atom is -0.387 e. The Morgan fingerprint density at radius 1 is 1.24 bits per heavy atom. The topological polar surface area (TPSA) is 116 Å². The Labute approximate surface area is 97.9 Å². The van der Waals surface area contributed by atoms with Crippen molar-refractivity contribution in [1.82, 2.24) is 0 Å². The molecule has 0 aromatic heterocycles. The van der Waals surface area contributed by atoms with Crippen molar-refractivity contribution in [2.45, 2.75) is 30.7 Å². The molecule has 4 N–H and O–H groups in total. The maximum absolute atomic E-state index is 10.8. The summed E-state index contributed by atoms with van der Waals surface area (Å²) in [5.74, 6) is -0.337. The molecule has 7 heteroatoms. The van der Waals surface area contributed by atoms with Gasteiger partial charge in [-0.3, -0.25) is 4.79 Å². The van der Waals surface area contributed by atoms with Gasteiger partial charge in [0.2, 0.25) is 0 Å². The van der Waals surface area contributed by atoms with E-state index in [0.29, 0.717) is 0 Å². The number of hydrogen-bond acceptors (Lipinski definition) is 7. The first kappa shape index (κ1) is 14.2. The fourth-order valence-corrected chi connectivity index (χ4v) is 1.40. The summed E-state index contributed by atoms with van der Waals surface area (Å²) in [4.78, 5) is 10.8. The van der Waals surface area contributed by atoms with Crippen molar-refractivity contribution in [3.63, 3.8) is 0 Å². The lowest BCUT2D eigenvalue weighted by Crippen LogP contribution is -2.58. The number of aliphatic hydroxyl groups is 4. The first-order valence-electron chi connectivity index (χ1n) is 5.08. The molecule has 0 bridgehead atoms. The summed E-state index contributed by atoms with van der Waals surface area (Å²) in [6.45, 7) is 2.83. The zero-order chi connectivity index (χ0) is 13.0. The quantitative estimate of drug-likeness (QED) is 0.399. The molecule has 0 amide bonds. The monoisotopic (exact) mass is 248 g/mol. The number of ketones is 1. The van der Waals surface area contributed by atoms with E-state index in [1.54, 1.807) is 0 Å². The van der Waals surface area contributed by atoms with Gasteiger partial charge in [0, 0.05) is 0 Å². The average molecular weight is 248 g/mol. The van der Waals surface area contributed by atoms with Crippen molar-refractivity contribution in [3.8, 4) is 0 Å². The van der Waals surface area contributed by atoms with Crippen LogP contribution in [0.25, 0.3) is 0 Å². The van der Waals surface area contributed by atoms with Crippen molar-refractivity contribution in [2.75, 3.05) is 13.2 Å². The van der Waals surface area contributed by atoms with E-state index in [9.17, 15) is 25.2 Å². The minimum absolute atomic E-state index is 0.193. The van der Waals surface area contributed by atoms with Crippen LogP contribution in [0.4, 0.5) is 0 Å². The molecule has 1 rings (SSSR count).